The van der Waals surface area contributed by atoms with Crippen LogP contribution < -0.4 is 16.8 Å². The quantitative estimate of drug-likeness (QED) is 0.720. The fourth-order valence-corrected chi connectivity index (χ4v) is 3.66. The van der Waals surface area contributed by atoms with Gasteiger partial charge in [0.2, 0.25) is 0 Å². The molecule has 0 spiro atoms. The van der Waals surface area contributed by atoms with Gasteiger partial charge in [-0.25, -0.2) is 8.42 Å². The second kappa shape index (κ2) is 5.26. The molecule has 18 heavy (non-hydrogen) atoms. The van der Waals surface area contributed by atoms with Crippen molar-refractivity contribution in [3.8, 4) is 0 Å². The Balaban J connectivity index is 2.18. The van der Waals surface area contributed by atoms with E-state index in [0.717, 1.165) is 17.7 Å². The fourth-order valence-electron chi connectivity index (χ4n) is 2.08. The van der Waals surface area contributed by atoms with Crippen LogP contribution >= 0.6 is 0 Å². The zero-order valence-electron chi connectivity index (χ0n) is 10.2. The predicted molar refractivity (Wildman–Crippen MR) is 72.3 cm³/mol. The Morgan fingerprint density at radius 3 is 2.89 bits per heavy atom. The van der Waals surface area contributed by atoms with E-state index >= 15 is 0 Å². The Morgan fingerprint density at radius 1 is 1.39 bits per heavy atom. The van der Waals surface area contributed by atoms with Crippen molar-refractivity contribution in [1.82, 2.24) is 0 Å². The van der Waals surface area contributed by atoms with Crippen molar-refractivity contribution in [2.24, 2.45) is 11.5 Å². The van der Waals surface area contributed by atoms with Gasteiger partial charge in [-0.15, -0.1) is 0 Å². The van der Waals surface area contributed by atoms with Crippen LogP contribution in [0.2, 0.25) is 0 Å². The molecule has 0 fully saturated rings. The van der Waals surface area contributed by atoms with Crippen molar-refractivity contribution >= 4 is 15.5 Å². The maximum Gasteiger partial charge on any atom is 0.178 e. The molecule has 100 valence electrons. The Kier molecular flexibility index (Phi) is 3.89. The van der Waals surface area contributed by atoms with Crippen LogP contribution in [0.3, 0.4) is 0 Å². The SMILES string of the molecule is NCC(N)CNc1ccc2c(c1)CCCS2(=O)=O. The smallest absolute Gasteiger partial charge is 0.178 e. The van der Waals surface area contributed by atoms with Gasteiger partial charge in [0.15, 0.2) is 9.84 Å². The molecule has 5 nitrogen and oxygen atoms in total. The number of rotatable bonds is 4. The highest BCUT2D eigenvalue weighted by molar-refractivity contribution is 7.91. The predicted octanol–water partition coefficient (Wildman–Crippen LogP) is 0.104. The first-order valence-corrected chi connectivity index (χ1v) is 7.73. The third-order valence-corrected chi connectivity index (χ3v) is 5.02. The minimum Gasteiger partial charge on any atom is -0.383 e. The van der Waals surface area contributed by atoms with E-state index in [0.29, 0.717) is 24.4 Å². The van der Waals surface area contributed by atoms with Gasteiger partial charge in [-0.05, 0) is 36.6 Å². The van der Waals surface area contributed by atoms with Gasteiger partial charge in [-0.2, -0.15) is 0 Å². The maximum atomic E-state index is 11.8. The molecule has 0 aromatic heterocycles. The lowest BCUT2D eigenvalue weighted by molar-refractivity contribution is 0.586. The molecule has 1 atom stereocenters. The van der Waals surface area contributed by atoms with Crippen LogP contribution in [0.15, 0.2) is 23.1 Å². The summed E-state index contributed by atoms with van der Waals surface area (Å²) in [5, 5.41) is 3.17. The van der Waals surface area contributed by atoms with Gasteiger partial charge in [-0.3, -0.25) is 0 Å². The van der Waals surface area contributed by atoms with Crippen molar-refractivity contribution in [3.05, 3.63) is 23.8 Å². The van der Waals surface area contributed by atoms with Crippen LogP contribution in [-0.4, -0.2) is 33.3 Å². The van der Waals surface area contributed by atoms with Crippen molar-refractivity contribution in [3.63, 3.8) is 0 Å². The highest BCUT2D eigenvalue weighted by atomic mass is 32.2. The number of hydrogen-bond donors (Lipinski definition) is 3. The van der Waals surface area contributed by atoms with Crippen LogP contribution in [0.1, 0.15) is 12.0 Å². The highest BCUT2D eigenvalue weighted by Crippen LogP contribution is 2.27. The van der Waals surface area contributed by atoms with E-state index in [9.17, 15) is 8.42 Å². The molecule has 0 aliphatic carbocycles. The summed E-state index contributed by atoms with van der Waals surface area (Å²) < 4.78 is 23.7. The molecule has 1 heterocycles. The van der Waals surface area contributed by atoms with Crippen molar-refractivity contribution < 1.29 is 8.42 Å². The lowest BCUT2D eigenvalue weighted by Crippen LogP contribution is -2.36. The Hall–Kier alpha value is -1.11. The van der Waals surface area contributed by atoms with Crippen molar-refractivity contribution in [2.45, 2.75) is 23.8 Å². The van der Waals surface area contributed by atoms with Gasteiger partial charge in [0.1, 0.15) is 0 Å². The van der Waals surface area contributed by atoms with Crippen LogP contribution in [-0.2, 0) is 16.3 Å². The van der Waals surface area contributed by atoms with Crippen LogP contribution in [0.5, 0.6) is 0 Å². The molecular formula is C12H19N3O2S. The van der Waals surface area contributed by atoms with Gasteiger partial charge < -0.3 is 16.8 Å². The zero-order valence-corrected chi connectivity index (χ0v) is 11.0. The van der Waals surface area contributed by atoms with Gasteiger partial charge in [0.05, 0.1) is 10.6 Å². The first kappa shape index (κ1) is 13.3. The second-order valence-corrected chi connectivity index (χ2v) is 6.70. The lowest BCUT2D eigenvalue weighted by Gasteiger charge is -2.18. The van der Waals surface area contributed by atoms with Gasteiger partial charge in [0.25, 0.3) is 0 Å². The maximum absolute atomic E-state index is 11.8. The standard InChI is InChI=1S/C12H19N3O2S/c13-7-10(14)8-15-11-3-4-12-9(6-11)2-1-5-18(12,16)17/h3-4,6,10,15H,1-2,5,7-8,13-14H2. The molecule has 0 saturated heterocycles. The number of anilines is 1. The Labute approximate surface area is 107 Å². The minimum atomic E-state index is -3.07. The van der Waals surface area contributed by atoms with Gasteiger partial charge in [-0.1, -0.05) is 0 Å². The van der Waals surface area contributed by atoms with Crippen LogP contribution in [0.25, 0.3) is 0 Å². The normalized spacial score (nSPS) is 19.0. The fraction of sp³-hybridized carbons (Fsp3) is 0.500. The summed E-state index contributed by atoms with van der Waals surface area (Å²) in [7, 11) is -3.07. The number of nitrogens with two attached hydrogens (primary N) is 2. The summed E-state index contributed by atoms with van der Waals surface area (Å²) in [5.41, 5.74) is 13.0. The van der Waals surface area contributed by atoms with E-state index in [-0.39, 0.29) is 11.8 Å². The van der Waals surface area contributed by atoms with Crippen molar-refractivity contribution in [1.29, 1.82) is 0 Å². The van der Waals surface area contributed by atoms with Gasteiger partial charge in [0, 0.05) is 24.8 Å². The molecule has 0 amide bonds. The molecule has 1 aliphatic rings. The average molecular weight is 269 g/mol. The lowest BCUT2D eigenvalue weighted by atomic mass is 10.1. The summed E-state index contributed by atoms with van der Waals surface area (Å²) in [4.78, 5) is 0.474. The molecule has 1 aromatic carbocycles. The second-order valence-electron chi connectivity index (χ2n) is 4.62. The molecule has 1 aromatic rings. The number of benzene rings is 1. The van der Waals surface area contributed by atoms with E-state index in [1.807, 2.05) is 6.07 Å². The Morgan fingerprint density at radius 2 is 2.17 bits per heavy atom. The summed E-state index contributed by atoms with van der Waals surface area (Å²) in [5.74, 6) is 0.255. The summed E-state index contributed by atoms with van der Waals surface area (Å²) in [6, 6.07) is 5.27. The molecule has 2 rings (SSSR count). The third-order valence-electron chi connectivity index (χ3n) is 3.13. The van der Waals surface area contributed by atoms with E-state index in [4.69, 9.17) is 11.5 Å². The first-order valence-electron chi connectivity index (χ1n) is 6.08. The molecule has 6 heteroatoms. The van der Waals surface area contributed by atoms with Crippen LogP contribution in [0, 0.1) is 0 Å². The number of aryl methyl sites for hydroxylation is 1. The Bertz CT molecular complexity index is 528. The third kappa shape index (κ3) is 2.82. The van der Waals surface area contributed by atoms with Crippen molar-refractivity contribution in [2.75, 3.05) is 24.2 Å². The average Bonchev–Trinajstić information content (AvgIpc) is 2.35. The van der Waals surface area contributed by atoms with E-state index in [2.05, 4.69) is 5.32 Å². The van der Waals surface area contributed by atoms with Crippen LogP contribution in [0.4, 0.5) is 5.69 Å². The molecule has 0 saturated carbocycles. The minimum absolute atomic E-state index is 0.0928. The molecular weight excluding hydrogens is 250 g/mol. The first-order chi connectivity index (χ1) is 8.53. The van der Waals surface area contributed by atoms with E-state index in [1.54, 1.807) is 12.1 Å². The monoisotopic (exact) mass is 269 g/mol. The van der Waals surface area contributed by atoms with E-state index in [1.165, 1.54) is 0 Å². The molecule has 5 N–H and O–H groups in total. The van der Waals surface area contributed by atoms with Gasteiger partial charge >= 0.3 is 0 Å². The number of hydrogen-bond acceptors (Lipinski definition) is 5. The zero-order chi connectivity index (χ0) is 13.2. The molecule has 0 bridgehead atoms. The molecule has 0 radical (unpaired) electrons. The summed E-state index contributed by atoms with van der Waals surface area (Å²) in [6.45, 7) is 1.01. The summed E-state index contributed by atoms with van der Waals surface area (Å²) in [6.07, 6.45) is 1.51. The highest BCUT2D eigenvalue weighted by Gasteiger charge is 2.23. The topological polar surface area (TPSA) is 98.2 Å². The molecule has 1 unspecified atom stereocenters. The summed E-state index contributed by atoms with van der Waals surface area (Å²) >= 11 is 0. The molecule has 1 aliphatic heterocycles. The number of fused-ring (bicyclic) bond motifs is 1. The number of nitrogens with one attached hydrogen (secondary N) is 1. The van der Waals surface area contributed by atoms with E-state index < -0.39 is 9.84 Å². The number of sulfone groups is 1. The largest absolute Gasteiger partial charge is 0.383 e.